The van der Waals surface area contributed by atoms with Gasteiger partial charge in [0.1, 0.15) is 0 Å². The van der Waals surface area contributed by atoms with Gasteiger partial charge in [0.15, 0.2) is 11.6 Å². The molecule has 1 aliphatic rings. The average Bonchev–Trinajstić information content (AvgIpc) is 2.86. The number of halogens is 1. The van der Waals surface area contributed by atoms with Crippen molar-refractivity contribution in [3.8, 4) is 5.75 Å². The van der Waals surface area contributed by atoms with Crippen LogP contribution in [0.3, 0.4) is 0 Å². The summed E-state index contributed by atoms with van der Waals surface area (Å²) < 4.78 is 45.4. The van der Waals surface area contributed by atoms with Crippen LogP contribution < -0.4 is 10.1 Å². The number of benzene rings is 1. The third-order valence-electron chi connectivity index (χ3n) is 4.03. The molecule has 1 fully saturated rings. The second-order valence-electron chi connectivity index (χ2n) is 5.77. The number of ether oxygens (including phenoxy) is 1. The number of carbonyl (C=O) groups is 1. The van der Waals surface area contributed by atoms with Crippen molar-refractivity contribution >= 4 is 16.1 Å². The average molecular weight is 373 g/mol. The summed E-state index contributed by atoms with van der Waals surface area (Å²) in [6, 6.07) is 3.40. The van der Waals surface area contributed by atoms with Crippen LogP contribution in [0, 0.1) is 5.82 Å². The highest BCUT2D eigenvalue weighted by atomic mass is 32.2. The molecule has 2 rings (SSSR count). The van der Waals surface area contributed by atoms with Gasteiger partial charge in [0.2, 0.25) is 10.0 Å². The fraction of sp³-hybridized carbons (Fsp3) is 0.562. The van der Waals surface area contributed by atoms with Gasteiger partial charge in [-0.05, 0) is 31.0 Å². The first-order chi connectivity index (χ1) is 11.9. The molecule has 2 amide bonds. The van der Waals surface area contributed by atoms with E-state index >= 15 is 0 Å². The van der Waals surface area contributed by atoms with Crippen molar-refractivity contribution in [2.75, 3.05) is 39.8 Å². The first kappa shape index (κ1) is 19.5. The van der Waals surface area contributed by atoms with Crippen molar-refractivity contribution < 1.29 is 22.3 Å². The minimum absolute atomic E-state index is 0.00594. The maximum absolute atomic E-state index is 13.8. The van der Waals surface area contributed by atoms with Crippen molar-refractivity contribution in [2.24, 2.45) is 0 Å². The standard InChI is InChI=1S/C16H24FN3O4S/c1-3-7-18-16(21)19-8-4-9-20(11-10-19)25(22,23)13-5-6-15(24-2)14(17)12-13/h5-6,12H,3-4,7-11H2,1-2H3,(H,18,21). The van der Waals surface area contributed by atoms with E-state index in [0.29, 0.717) is 26.1 Å². The van der Waals surface area contributed by atoms with Crippen LogP contribution in [-0.4, -0.2) is 63.5 Å². The van der Waals surface area contributed by atoms with Crippen LogP contribution in [0.4, 0.5) is 9.18 Å². The van der Waals surface area contributed by atoms with Gasteiger partial charge >= 0.3 is 6.03 Å². The van der Waals surface area contributed by atoms with E-state index in [2.05, 4.69) is 5.32 Å². The minimum Gasteiger partial charge on any atom is -0.494 e. The van der Waals surface area contributed by atoms with Gasteiger partial charge < -0.3 is 15.0 Å². The van der Waals surface area contributed by atoms with Crippen LogP contribution >= 0.6 is 0 Å². The molecule has 0 spiro atoms. The van der Waals surface area contributed by atoms with Gasteiger partial charge in [0.05, 0.1) is 12.0 Å². The van der Waals surface area contributed by atoms with E-state index in [1.54, 1.807) is 4.90 Å². The Kier molecular flexibility index (Phi) is 6.60. The number of carbonyl (C=O) groups excluding carboxylic acids is 1. The summed E-state index contributed by atoms with van der Waals surface area (Å²) in [7, 11) is -2.50. The topological polar surface area (TPSA) is 79.0 Å². The zero-order chi connectivity index (χ0) is 18.4. The molecule has 0 radical (unpaired) electrons. The molecule has 25 heavy (non-hydrogen) atoms. The molecule has 0 unspecified atom stereocenters. The SMILES string of the molecule is CCCNC(=O)N1CCCN(S(=O)(=O)c2ccc(OC)c(F)c2)CC1. The summed E-state index contributed by atoms with van der Waals surface area (Å²) in [5, 5.41) is 2.79. The molecule has 0 atom stereocenters. The van der Waals surface area contributed by atoms with E-state index in [4.69, 9.17) is 4.74 Å². The molecule has 0 aliphatic carbocycles. The van der Waals surface area contributed by atoms with Crippen molar-refractivity contribution in [1.82, 2.24) is 14.5 Å². The predicted octanol–water partition coefficient (Wildman–Crippen LogP) is 1.65. The lowest BCUT2D eigenvalue weighted by Gasteiger charge is -2.22. The van der Waals surface area contributed by atoms with Crippen LogP contribution in [0.25, 0.3) is 0 Å². The minimum atomic E-state index is -3.82. The predicted molar refractivity (Wildman–Crippen MR) is 91.6 cm³/mol. The van der Waals surface area contributed by atoms with Gasteiger partial charge in [0.25, 0.3) is 0 Å². The van der Waals surface area contributed by atoms with Crippen LogP contribution in [-0.2, 0) is 10.0 Å². The number of nitrogens with zero attached hydrogens (tertiary/aromatic N) is 2. The lowest BCUT2D eigenvalue weighted by molar-refractivity contribution is 0.200. The highest BCUT2D eigenvalue weighted by Gasteiger charge is 2.28. The van der Waals surface area contributed by atoms with E-state index < -0.39 is 15.8 Å². The number of nitrogens with one attached hydrogen (secondary N) is 1. The van der Waals surface area contributed by atoms with E-state index in [1.165, 1.54) is 23.5 Å². The Hall–Kier alpha value is -1.87. The highest BCUT2D eigenvalue weighted by molar-refractivity contribution is 7.89. The molecule has 1 heterocycles. The smallest absolute Gasteiger partial charge is 0.317 e. The number of rotatable bonds is 5. The molecular weight excluding hydrogens is 349 g/mol. The van der Waals surface area contributed by atoms with Crippen molar-refractivity contribution in [3.05, 3.63) is 24.0 Å². The molecule has 9 heteroatoms. The molecule has 0 aromatic heterocycles. The summed E-state index contributed by atoms with van der Waals surface area (Å²) in [6.07, 6.45) is 1.36. The Bertz CT molecular complexity index is 711. The van der Waals surface area contributed by atoms with Crippen LogP contribution in [0.15, 0.2) is 23.1 Å². The number of urea groups is 1. The summed E-state index contributed by atoms with van der Waals surface area (Å²) in [4.78, 5) is 13.5. The Morgan fingerprint density at radius 3 is 2.68 bits per heavy atom. The first-order valence-corrected chi connectivity index (χ1v) is 9.70. The van der Waals surface area contributed by atoms with Crippen molar-refractivity contribution in [2.45, 2.75) is 24.7 Å². The Labute approximate surface area is 147 Å². The highest BCUT2D eigenvalue weighted by Crippen LogP contribution is 2.23. The second kappa shape index (κ2) is 8.48. The molecule has 7 nitrogen and oxygen atoms in total. The van der Waals surface area contributed by atoms with E-state index in [9.17, 15) is 17.6 Å². The molecule has 0 bridgehead atoms. The monoisotopic (exact) mass is 373 g/mol. The molecule has 1 aromatic carbocycles. The summed E-state index contributed by atoms with van der Waals surface area (Å²) in [6.45, 7) is 3.79. The lowest BCUT2D eigenvalue weighted by Crippen LogP contribution is -2.42. The molecular formula is C16H24FN3O4S. The third kappa shape index (κ3) is 4.60. The van der Waals surface area contributed by atoms with Crippen LogP contribution in [0.2, 0.25) is 0 Å². The number of amides is 2. The second-order valence-corrected chi connectivity index (χ2v) is 7.71. The molecule has 1 aromatic rings. The molecule has 1 aliphatic heterocycles. The number of methoxy groups -OCH3 is 1. The van der Waals surface area contributed by atoms with Crippen molar-refractivity contribution in [3.63, 3.8) is 0 Å². The van der Waals surface area contributed by atoms with Gasteiger partial charge in [-0.3, -0.25) is 0 Å². The summed E-state index contributed by atoms with van der Waals surface area (Å²) >= 11 is 0. The van der Waals surface area contributed by atoms with Gasteiger partial charge in [-0.2, -0.15) is 4.31 Å². The molecule has 0 saturated carbocycles. The Morgan fingerprint density at radius 2 is 2.04 bits per heavy atom. The van der Waals surface area contributed by atoms with Gasteiger partial charge in [-0.25, -0.2) is 17.6 Å². The Balaban J connectivity index is 2.10. The van der Waals surface area contributed by atoms with Crippen LogP contribution in [0.1, 0.15) is 19.8 Å². The Morgan fingerprint density at radius 1 is 1.28 bits per heavy atom. The molecule has 1 saturated heterocycles. The quantitative estimate of drug-likeness (QED) is 0.851. The van der Waals surface area contributed by atoms with Gasteiger partial charge in [-0.1, -0.05) is 6.92 Å². The number of hydrogen-bond acceptors (Lipinski definition) is 4. The number of sulfonamides is 1. The van der Waals surface area contributed by atoms with Gasteiger partial charge in [-0.15, -0.1) is 0 Å². The lowest BCUT2D eigenvalue weighted by atomic mass is 10.3. The normalized spacial score (nSPS) is 16.4. The summed E-state index contributed by atoms with van der Waals surface area (Å²) in [5.74, 6) is -0.729. The summed E-state index contributed by atoms with van der Waals surface area (Å²) in [5.41, 5.74) is 0. The van der Waals surface area contributed by atoms with E-state index in [1.807, 2.05) is 6.92 Å². The fourth-order valence-electron chi connectivity index (χ4n) is 2.64. The zero-order valence-electron chi connectivity index (χ0n) is 14.5. The molecule has 140 valence electrons. The number of hydrogen-bond donors (Lipinski definition) is 1. The largest absolute Gasteiger partial charge is 0.494 e. The fourth-order valence-corrected chi connectivity index (χ4v) is 4.12. The third-order valence-corrected chi connectivity index (χ3v) is 5.92. The molecule has 1 N–H and O–H groups in total. The maximum Gasteiger partial charge on any atom is 0.317 e. The van der Waals surface area contributed by atoms with Crippen LogP contribution in [0.5, 0.6) is 5.75 Å². The van der Waals surface area contributed by atoms with E-state index in [0.717, 1.165) is 12.5 Å². The zero-order valence-corrected chi connectivity index (χ0v) is 15.3. The maximum atomic E-state index is 13.8. The van der Waals surface area contributed by atoms with Gasteiger partial charge in [0, 0.05) is 32.7 Å². The first-order valence-electron chi connectivity index (χ1n) is 8.26. The van der Waals surface area contributed by atoms with E-state index in [-0.39, 0.29) is 29.8 Å². The van der Waals surface area contributed by atoms with Crippen molar-refractivity contribution in [1.29, 1.82) is 0 Å².